The lowest BCUT2D eigenvalue weighted by molar-refractivity contribution is -0.132. The van der Waals surface area contributed by atoms with Gasteiger partial charge in [-0.1, -0.05) is 42.5 Å². The molecule has 1 fully saturated rings. The van der Waals surface area contributed by atoms with Crippen LogP contribution in [0.5, 0.6) is 0 Å². The van der Waals surface area contributed by atoms with Gasteiger partial charge in [0.2, 0.25) is 0 Å². The first kappa shape index (κ1) is 18.6. The third-order valence-electron chi connectivity index (χ3n) is 5.14. The van der Waals surface area contributed by atoms with Crippen molar-refractivity contribution in [2.24, 2.45) is 0 Å². The van der Waals surface area contributed by atoms with Gasteiger partial charge in [-0.15, -0.1) is 0 Å². The van der Waals surface area contributed by atoms with Crippen molar-refractivity contribution in [3.8, 4) is 0 Å². The van der Waals surface area contributed by atoms with E-state index in [2.05, 4.69) is 4.98 Å². The fraction of sp³-hybridized carbons (Fsp3) is 0.125. The molecular weight excluding hydrogens is 364 g/mol. The summed E-state index contributed by atoms with van der Waals surface area (Å²) in [6.45, 7) is 3.83. The molecule has 1 aliphatic heterocycles. The molecule has 1 unspecified atom stereocenters. The fourth-order valence-electron chi connectivity index (χ4n) is 3.67. The van der Waals surface area contributed by atoms with E-state index in [1.54, 1.807) is 48.8 Å². The SMILES string of the molecule is Cc1ccc(C)c(N2C(=O)C(=O)/C(=C(/O)c3ccccc3)C2c2ccncc2)c1. The average molecular weight is 384 g/mol. The average Bonchev–Trinajstić information content (AvgIpc) is 3.01. The Kier molecular flexibility index (Phi) is 4.72. The highest BCUT2D eigenvalue weighted by atomic mass is 16.3. The molecular formula is C24H20N2O3. The van der Waals surface area contributed by atoms with Crippen molar-refractivity contribution in [3.05, 3.63) is 101 Å². The highest BCUT2D eigenvalue weighted by Gasteiger charge is 2.47. The van der Waals surface area contributed by atoms with Gasteiger partial charge < -0.3 is 5.11 Å². The van der Waals surface area contributed by atoms with Crippen molar-refractivity contribution in [3.63, 3.8) is 0 Å². The van der Waals surface area contributed by atoms with Gasteiger partial charge in [0.1, 0.15) is 5.76 Å². The maximum absolute atomic E-state index is 13.1. The predicted octanol–water partition coefficient (Wildman–Crippen LogP) is 4.32. The number of benzene rings is 2. The summed E-state index contributed by atoms with van der Waals surface area (Å²) < 4.78 is 0. The number of ketones is 1. The van der Waals surface area contributed by atoms with Gasteiger partial charge in [0, 0.05) is 23.6 Å². The number of carbonyl (C=O) groups excluding carboxylic acids is 2. The Bertz CT molecular complexity index is 1120. The summed E-state index contributed by atoms with van der Waals surface area (Å²) in [6, 6.07) is 17.3. The van der Waals surface area contributed by atoms with Crippen LogP contribution in [-0.4, -0.2) is 21.8 Å². The molecule has 0 saturated carbocycles. The van der Waals surface area contributed by atoms with E-state index in [4.69, 9.17) is 0 Å². The zero-order valence-corrected chi connectivity index (χ0v) is 16.2. The number of aliphatic hydroxyl groups excluding tert-OH is 1. The number of aliphatic hydroxyl groups is 1. The standard InChI is InChI=1S/C24H20N2O3/c1-15-8-9-16(2)19(14-15)26-21(17-10-12-25-13-11-17)20(23(28)24(26)29)22(27)18-6-4-3-5-7-18/h3-14,21,27H,1-2H3/b22-20+. The van der Waals surface area contributed by atoms with Gasteiger partial charge in [-0.2, -0.15) is 0 Å². The van der Waals surface area contributed by atoms with Crippen LogP contribution in [0.4, 0.5) is 5.69 Å². The van der Waals surface area contributed by atoms with Crippen molar-refractivity contribution in [1.82, 2.24) is 4.98 Å². The lowest BCUT2D eigenvalue weighted by atomic mass is 9.95. The van der Waals surface area contributed by atoms with Gasteiger partial charge in [0.25, 0.3) is 11.7 Å². The van der Waals surface area contributed by atoms with E-state index in [0.29, 0.717) is 16.8 Å². The Labute approximate surface area is 169 Å². The molecule has 1 N–H and O–H groups in total. The second kappa shape index (κ2) is 7.36. The van der Waals surface area contributed by atoms with Crippen LogP contribution in [0.25, 0.3) is 5.76 Å². The van der Waals surface area contributed by atoms with Gasteiger partial charge in [0.05, 0.1) is 11.6 Å². The number of carbonyl (C=O) groups is 2. The van der Waals surface area contributed by atoms with E-state index >= 15 is 0 Å². The van der Waals surface area contributed by atoms with Crippen LogP contribution >= 0.6 is 0 Å². The zero-order valence-electron chi connectivity index (χ0n) is 16.2. The first-order valence-electron chi connectivity index (χ1n) is 9.32. The second-order valence-electron chi connectivity index (χ2n) is 7.11. The maximum Gasteiger partial charge on any atom is 0.300 e. The van der Waals surface area contributed by atoms with E-state index in [9.17, 15) is 14.7 Å². The number of Topliss-reactive ketones (excluding diaryl/α,β-unsaturated/α-hetero) is 1. The van der Waals surface area contributed by atoms with Crippen molar-refractivity contribution < 1.29 is 14.7 Å². The molecule has 2 heterocycles. The molecule has 29 heavy (non-hydrogen) atoms. The van der Waals surface area contributed by atoms with E-state index < -0.39 is 17.7 Å². The van der Waals surface area contributed by atoms with Gasteiger partial charge in [0.15, 0.2) is 0 Å². The number of hydrogen-bond donors (Lipinski definition) is 1. The Hall–Kier alpha value is -3.73. The molecule has 2 aromatic carbocycles. The summed E-state index contributed by atoms with van der Waals surface area (Å²) >= 11 is 0. The zero-order chi connectivity index (χ0) is 20.5. The van der Waals surface area contributed by atoms with E-state index in [0.717, 1.165) is 11.1 Å². The summed E-state index contributed by atoms with van der Waals surface area (Å²) in [6.07, 6.45) is 3.22. The van der Waals surface area contributed by atoms with E-state index in [1.165, 1.54) is 4.90 Å². The number of aryl methyl sites for hydroxylation is 2. The monoisotopic (exact) mass is 384 g/mol. The van der Waals surface area contributed by atoms with Crippen molar-refractivity contribution in [2.45, 2.75) is 19.9 Å². The molecule has 0 bridgehead atoms. The number of amides is 1. The Morgan fingerprint density at radius 3 is 2.34 bits per heavy atom. The molecule has 1 amide bonds. The largest absolute Gasteiger partial charge is 0.507 e. The first-order chi connectivity index (χ1) is 14.0. The molecule has 4 rings (SSSR count). The van der Waals surface area contributed by atoms with Crippen LogP contribution in [0.3, 0.4) is 0 Å². The van der Waals surface area contributed by atoms with Gasteiger partial charge in [-0.3, -0.25) is 19.5 Å². The quantitative estimate of drug-likeness (QED) is 0.415. The predicted molar refractivity (Wildman–Crippen MR) is 111 cm³/mol. The molecule has 144 valence electrons. The van der Waals surface area contributed by atoms with Crippen LogP contribution in [0.2, 0.25) is 0 Å². The minimum atomic E-state index is -0.737. The first-order valence-corrected chi connectivity index (χ1v) is 9.32. The van der Waals surface area contributed by atoms with Crippen LogP contribution < -0.4 is 4.90 Å². The fourth-order valence-corrected chi connectivity index (χ4v) is 3.67. The Morgan fingerprint density at radius 2 is 1.66 bits per heavy atom. The molecule has 0 spiro atoms. The van der Waals surface area contributed by atoms with Gasteiger partial charge in [-0.05, 0) is 48.7 Å². The van der Waals surface area contributed by atoms with Crippen molar-refractivity contribution in [1.29, 1.82) is 0 Å². The van der Waals surface area contributed by atoms with Gasteiger partial charge >= 0.3 is 0 Å². The number of pyridine rings is 1. The molecule has 3 aromatic rings. The minimum Gasteiger partial charge on any atom is -0.507 e. The summed E-state index contributed by atoms with van der Waals surface area (Å²) in [5, 5.41) is 11.0. The summed E-state index contributed by atoms with van der Waals surface area (Å²) in [7, 11) is 0. The van der Waals surface area contributed by atoms with Gasteiger partial charge in [-0.25, -0.2) is 0 Å². The summed E-state index contributed by atoms with van der Waals surface area (Å²) in [4.78, 5) is 31.7. The van der Waals surface area contributed by atoms with Crippen molar-refractivity contribution >= 4 is 23.1 Å². The molecule has 1 aliphatic rings. The molecule has 1 atom stereocenters. The molecule has 1 saturated heterocycles. The molecule has 0 radical (unpaired) electrons. The highest BCUT2D eigenvalue weighted by molar-refractivity contribution is 6.51. The molecule has 5 nitrogen and oxygen atoms in total. The third kappa shape index (κ3) is 3.21. The summed E-state index contributed by atoms with van der Waals surface area (Å²) in [5.74, 6) is -1.54. The van der Waals surface area contributed by atoms with E-state index in [-0.39, 0.29) is 11.3 Å². The van der Waals surface area contributed by atoms with E-state index in [1.807, 2.05) is 38.1 Å². The Morgan fingerprint density at radius 1 is 0.966 bits per heavy atom. The number of hydrogen-bond acceptors (Lipinski definition) is 4. The number of aromatic nitrogens is 1. The van der Waals surface area contributed by atoms with Crippen LogP contribution in [0.1, 0.15) is 28.3 Å². The molecule has 1 aromatic heterocycles. The topological polar surface area (TPSA) is 70.5 Å². The lowest BCUT2D eigenvalue weighted by Crippen LogP contribution is -2.30. The highest BCUT2D eigenvalue weighted by Crippen LogP contribution is 2.43. The van der Waals surface area contributed by atoms with Crippen molar-refractivity contribution in [2.75, 3.05) is 4.90 Å². The Balaban J connectivity index is 1.98. The summed E-state index contributed by atoms with van der Waals surface area (Å²) in [5.41, 5.74) is 3.78. The normalized spacial score (nSPS) is 18.3. The molecule has 0 aliphatic carbocycles. The maximum atomic E-state index is 13.1. The van der Waals surface area contributed by atoms with Crippen LogP contribution in [-0.2, 0) is 9.59 Å². The second-order valence-corrected chi connectivity index (χ2v) is 7.11. The van der Waals surface area contributed by atoms with Crippen LogP contribution in [0.15, 0.2) is 78.6 Å². The number of nitrogens with zero attached hydrogens (tertiary/aromatic N) is 2. The lowest BCUT2D eigenvalue weighted by Gasteiger charge is -2.27. The van der Waals surface area contributed by atoms with Crippen LogP contribution in [0, 0.1) is 13.8 Å². The smallest absolute Gasteiger partial charge is 0.300 e. The number of anilines is 1. The third-order valence-corrected chi connectivity index (χ3v) is 5.14. The minimum absolute atomic E-state index is 0.0771. The molecule has 5 heteroatoms. The number of rotatable bonds is 3.